The van der Waals surface area contributed by atoms with Crippen LogP contribution in [0.2, 0.25) is 5.02 Å². The van der Waals surface area contributed by atoms with E-state index in [0.29, 0.717) is 38.5 Å². The van der Waals surface area contributed by atoms with Crippen molar-refractivity contribution in [2.24, 2.45) is 5.92 Å². The van der Waals surface area contributed by atoms with E-state index < -0.39 is 29.9 Å². The summed E-state index contributed by atoms with van der Waals surface area (Å²) in [4.78, 5) is 13.8. The van der Waals surface area contributed by atoms with E-state index in [1.54, 1.807) is 0 Å². The summed E-state index contributed by atoms with van der Waals surface area (Å²) in [5, 5.41) is 6.65. The van der Waals surface area contributed by atoms with Crippen LogP contribution in [-0.2, 0) is 0 Å². The van der Waals surface area contributed by atoms with Crippen LogP contribution < -0.4 is 10.9 Å². The van der Waals surface area contributed by atoms with Gasteiger partial charge in [0.1, 0.15) is 16.5 Å². The van der Waals surface area contributed by atoms with Gasteiger partial charge in [-0.05, 0) is 44.0 Å². The number of nitrogens with one attached hydrogen (secondary N) is 1. The Morgan fingerprint density at radius 3 is 2.52 bits per heavy atom. The fourth-order valence-electron chi connectivity index (χ4n) is 3.24. The van der Waals surface area contributed by atoms with Crippen LogP contribution in [0.5, 0.6) is 0 Å². The Labute approximate surface area is 168 Å². The molecule has 1 aromatic carbocycles. The van der Waals surface area contributed by atoms with Crippen LogP contribution >= 0.6 is 11.6 Å². The van der Waals surface area contributed by atoms with Crippen LogP contribution in [0.15, 0.2) is 29.2 Å². The normalized spacial score (nSPS) is 16.2. The highest BCUT2D eigenvalue weighted by atomic mass is 35.5. The van der Waals surface area contributed by atoms with Crippen molar-refractivity contribution >= 4 is 17.3 Å². The van der Waals surface area contributed by atoms with E-state index in [2.05, 4.69) is 10.4 Å². The van der Waals surface area contributed by atoms with Crippen LogP contribution in [0, 0.1) is 17.6 Å². The second kappa shape index (κ2) is 8.66. The zero-order valence-corrected chi connectivity index (χ0v) is 15.9. The second-order valence-electron chi connectivity index (χ2n) is 6.90. The van der Waals surface area contributed by atoms with Crippen LogP contribution in [0.3, 0.4) is 0 Å². The molecule has 1 N–H and O–H groups in total. The maximum absolute atomic E-state index is 13.9. The molecule has 3 rings (SSSR count). The Hall–Kier alpha value is -2.20. The lowest BCUT2D eigenvalue weighted by molar-refractivity contribution is -0.148. The molecule has 0 spiro atoms. The second-order valence-corrected chi connectivity index (χ2v) is 7.28. The van der Waals surface area contributed by atoms with E-state index in [1.807, 2.05) is 0 Å². The summed E-state index contributed by atoms with van der Waals surface area (Å²) in [6, 6.07) is 2.71. The number of likely N-dealkylation sites (tertiary alicyclic amines) is 1. The van der Waals surface area contributed by atoms with E-state index in [-0.39, 0.29) is 22.3 Å². The Morgan fingerprint density at radius 1 is 1.21 bits per heavy atom. The lowest BCUT2D eigenvalue weighted by Gasteiger charge is -2.32. The largest absolute Gasteiger partial charge is 0.401 e. The SMILES string of the molecule is O=c1c(Cl)c(NCC2CCN(CC(F)(F)F)CC2)cnn1-c1ccc(F)cc1F. The van der Waals surface area contributed by atoms with Crippen molar-refractivity contribution in [2.45, 2.75) is 19.0 Å². The lowest BCUT2D eigenvalue weighted by atomic mass is 9.97. The van der Waals surface area contributed by atoms with Crippen LogP contribution in [0.4, 0.5) is 27.6 Å². The van der Waals surface area contributed by atoms with Gasteiger partial charge >= 0.3 is 6.18 Å². The molecule has 1 saturated heterocycles. The molecular weight excluding hydrogens is 419 g/mol. The van der Waals surface area contributed by atoms with Crippen molar-refractivity contribution in [1.82, 2.24) is 14.7 Å². The average molecular weight is 437 g/mol. The summed E-state index contributed by atoms with van der Waals surface area (Å²) in [6.07, 6.45) is -1.80. The van der Waals surface area contributed by atoms with Crippen molar-refractivity contribution in [1.29, 1.82) is 0 Å². The molecule has 0 amide bonds. The predicted molar refractivity (Wildman–Crippen MR) is 98.5 cm³/mol. The van der Waals surface area contributed by atoms with Gasteiger partial charge in [-0.25, -0.2) is 8.78 Å². The van der Waals surface area contributed by atoms with E-state index >= 15 is 0 Å². The molecule has 1 aliphatic heterocycles. The van der Waals surface area contributed by atoms with Gasteiger partial charge < -0.3 is 5.32 Å². The molecule has 0 unspecified atom stereocenters. The van der Waals surface area contributed by atoms with Crippen molar-refractivity contribution in [3.05, 3.63) is 51.4 Å². The maximum Gasteiger partial charge on any atom is 0.401 e. The molecule has 1 aromatic heterocycles. The minimum absolute atomic E-state index is 0.118. The molecule has 5 nitrogen and oxygen atoms in total. The van der Waals surface area contributed by atoms with Crippen LogP contribution in [0.1, 0.15) is 12.8 Å². The summed E-state index contributed by atoms with van der Waals surface area (Å²) < 4.78 is 65.0. The first-order chi connectivity index (χ1) is 13.6. The van der Waals surface area contributed by atoms with Crippen LogP contribution in [0.25, 0.3) is 5.69 Å². The Bertz CT molecular complexity index is 925. The highest BCUT2D eigenvalue weighted by molar-refractivity contribution is 6.32. The number of rotatable bonds is 5. The Kier molecular flexibility index (Phi) is 6.42. The van der Waals surface area contributed by atoms with Gasteiger partial charge in [-0.1, -0.05) is 11.6 Å². The van der Waals surface area contributed by atoms with Gasteiger partial charge in [0.25, 0.3) is 5.56 Å². The molecule has 0 bridgehead atoms. The highest BCUT2D eigenvalue weighted by Gasteiger charge is 2.32. The minimum atomic E-state index is -4.21. The lowest BCUT2D eigenvalue weighted by Crippen LogP contribution is -2.41. The first kappa shape index (κ1) is 21.5. The van der Waals surface area contributed by atoms with Gasteiger partial charge in [-0.15, -0.1) is 0 Å². The monoisotopic (exact) mass is 436 g/mol. The summed E-state index contributed by atoms with van der Waals surface area (Å²) in [7, 11) is 0. The third kappa shape index (κ3) is 5.45. The fourth-order valence-corrected chi connectivity index (χ4v) is 3.43. The average Bonchev–Trinajstić information content (AvgIpc) is 2.64. The molecule has 0 saturated carbocycles. The van der Waals surface area contributed by atoms with E-state index in [9.17, 15) is 26.7 Å². The summed E-state index contributed by atoms with van der Waals surface area (Å²) in [6.45, 7) is 0.170. The molecule has 0 radical (unpaired) electrons. The number of piperidine rings is 1. The predicted octanol–water partition coefficient (Wildman–Crippen LogP) is 3.85. The molecule has 2 heterocycles. The minimum Gasteiger partial charge on any atom is -0.382 e. The van der Waals surface area contributed by atoms with Gasteiger partial charge in [0.15, 0.2) is 5.82 Å². The number of hydrogen-bond acceptors (Lipinski definition) is 4. The number of anilines is 1. The first-order valence-electron chi connectivity index (χ1n) is 8.90. The molecule has 11 heteroatoms. The Morgan fingerprint density at radius 2 is 1.90 bits per heavy atom. The maximum atomic E-state index is 13.9. The van der Waals surface area contributed by atoms with Crippen molar-refractivity contribution in [3.8, 4) is 5.69 Å². The molecule has 2 aromatic rings. The van der Waals surface area contributed by atoms with Gasteiger partial charge in [0.2, 0.25) is 0 Å². The zero-order valence-electron chi connectivity index (χ0n) is 15.1. The number of benzene rings is 1. The zero-order chi connectivity index (χ0) is 21.2. The molecule has 158 valence electrons. The number of halogens is 6. The fraction of sp³-hybridized carbons (Fsp3) is 0.444. The molecule has 29 heavy (non-hydrogen) atoms. The Balaban J connectivity index is 1.63. The first-order valence-corrected chi connectivity index (χ1v) is 9.28. The van der Waals surface area contributed by atoms with Gasteiger partial charge in [-0.3, -0.25) is 9.69 Å². The standard InChI is InChI=1S/C18H18ClF5N4O/c19-16-14(25-8-11-3-5-27(6-4-11)10-18(22,23)24)9-26-28(17(16)29)15-2-1-12(20)7-13(15)21/h1-2,7,9,11,25H,3-6,8,10H2. The number of hydrogen-bond donors (Lipinski definition) is 1. The van der Waals surface area contributed by atoms with Crippen LogP contribution in [-0.4, -0.2) is 47.0 Å². The quantitative estimate of drug-likeness (QED) is 0.723. The van der Waals surface area contributed by atoms with Crippen molar-refractivity contribution in [2.75, 3.05) is 31.5 Å². The van der Waals surface area contributed by atoms with Gasteiger partial charge in [0.05, 0.1) is 18.4 Å². The van der Waals surface area contributed by atoms with E-state index in [0.717, 1.165) is 16.8 Å². The molecule has 1 aliphatic rings. The third-order valence-electron chi connectivity index (χ3n) is 4.75. The number of aromatic nitrogens is 2. The third-order valence-corrected chi connectivity index (χ3v) is 5.11. The van der Waals surface area contributed by atoms with Gasteiger partial charge in [0, 0.05) is 12.6 Å². The number of alkyl halides is 3. The highest BCUT2D eigenvalue weighted by Crippen LogP contribution is 2.24. The summed E-state index contributed by atoms with van der Waals surface area (Å²) in [5.74, 6) is -1.63. The molecule has 1 fully saturated rings. The summed E-state index contributed by atoms with van der Waals surface area (Å²) >= 11 is 6.08. The summed E-state index contributed by atoms with van der Waals surface area (Å²) in [5.41, 5.74) is -0.766. The van der Waals surface area contributed by atoms with Gasteiger partial charge in [-0.2, -0.15) is 23.0 Å². The van der Waals surface area contributed by atoms with E-state index in [4.69, 9.17) is 11.6 Å². The topological polar surface area (TPSA) is 50.2 Å². The molecule has 0 aliphatic carbocycles. The number of nitrogens with zero attached hydrogens (tertiary/aromatic N) is 3. The van der Waals surface area contributed by atoms with Crippen molar-refractivity contribution in [3.63, 3.8) is 0 Å². The van der Waals surface area contributed by atoms with E-state index in [1.165, 1.54) is 11.1 Å². The molecule has 0 atom stereocenters. The molecular formula is C18H18ClF5N4O. The van der Waals surface area contributed by atoms with Crippen molar-refractivity contribution < 1.29 is 22.0 Å². The smallest absolute Gasteiger partial charge is 0.382 e.